The van der Waals surface area contributed by atoms with Crippen molar-refractivity contribution in [1.82, 2.24) is 9.21 Å². The molecule has 1 aliphatic heterocycles. The van der Waals surface area contributed by atoms with Crippen LogP contribution in [0.15, 0.2) is 53.4 Å². The number of hydrogen-bond donors (Lipinski definition) is 1. The molecule has 0 unspecified atom stereocenters. The number of piperazine rings is 1. The van der Waals surface area contributed by atoms with Gasteiger partial charge in [-0.25, -0.2) is 8.42 Å². The van der Waals surface area contributed by atoms with Gasteiger partial charge in [0, 0.05) is 38.4 Å². The van der Waals surface area contributed by atoms with E-state index in [1.807, 2.05) is 25.1 Å². The molecule has 0 atom stereocenters. The molecule has 1 saturated heterocycles. The summed E-state index contributed by atoms with van der Waals surface area (Å²) in [7, 11) is -3.47. The first kappa shape index (κ1) is 17.0. The monoisotopic (exact) mass is 345 g/mol. The fourth-order valence-electron chi connectivity index (χ4n) is 2.90. The van der Waals surface area contributed by atoms with E-state index in [0.29, 0.717) is 18.8 Å². The molecule has 2 N–H and O–H groups in total. The summed E-state index contributed by atoms with van der Waals surface area (Å²) in [6, 6.07) is 15.2. The number of rotatable bonds is 4. The molecule has 1 aliphatic rings. The fourth-order valence-corrected chi connectivity index (χ4v) is 4.36. The number of hydrogen-bond acceptors (Lipinski definition) is 4. The zero-order valence-electron chi connectivity index (χ0n) is 13.9. The highest BCUT2D eigenvalue weighted by atomic mass is 32.2. The van der Waals surface area contributed by atoms with E-state index < -0.39 is 10.0 Å². The highest BCUT2D eigenvalue weighted by Gasteiger charge is 2.28. The largest absolute Gasteiger partial charge is 0.398 e. The van der Waals surface area contributed by atoms with Crippen LogP contribution in [0.25, 0.3) is 0 Å². The van der Waals surface area contributed by atoms with Gasteiger partial charge in [-0.1, -0.05) is 36.4 Å². The van der Waals surface area contributed by atoms with E-state index in [1.54, 1.807) is 22.5 Å². The maximum atomic E-state index is 12.8. The number of nitrogens with zero attached hydrogens (tertiary/aromatic N) is 2. The second-order valence-electron chi connectivity index (χ2n) is 6.18. The predicted octanol–water partition coefficient (Wildman–Crippen LogP) is 2.08. The summed E-state index contributed by atoms with van der Waals surface area (Å²) in [5, 5.41) is 0. The Balaban J connectivity index is 1.66. The van der Waals surface area contributed by atoms with Crippen LogP contribution in [0.5, 0.6) is 0 Å². The molecule has 3 rings (SSSR count). The fraction of sp³-hybridized carbons (Fsp3) is 0.333. The van der Waals surface area contributed by atoms with Gasteiger partial charge >= 0.3 is 0 Å². The lowest BCUT2D eigenvalue weighted by atomic mass is 10.2. The van der Waals surface area contributed by atoms with Crippen LogP contribution in [-0.2, 0) is 16.6 Å². The van der Waals surface area contributed by atoms with Crippen LogP contribution >= 0.6 is 0 Å². The van der Waals surface area contributed by atoms with E-state index >= 15 is 0 Å². The number of nitrogens with two attached hydrogens (primary N) is 1. The molecule has 128 valence electrons. The molecule has 5 nitrogen and oxygen atoms in total. The SMILES string of the molecule is Cc1ccc(S(=O)(=O)N2CCN(Cc3ccccc3)CC2)cc1N. The van der Waals surface area contributed by atoms with Crippen LogP contribution in [0, 0.1) is 6.92 Å². The minimum atomic E-state index is -3.47. The van der Waals surface area contributed by atoms with Crippen molar-refractivity contribution in [2.75, 3.05) is 31.9 Å². The number of sulfonamides is 1. The van der Waals surface area contributed by atoms with Gasteiger partial charge in [-0.15, -0.1) is 0 Å². The molecular weight excluding hydrogens is 322 g/mol. The smallest absolute Gasteiger partial charge is 0.243 e. The Bertz CT molecular complexity index is 798. The molecular formula is C18H23N3O2S. The first-order chi connectivity index (χ1) is 11.5. The second-order valence-corrected chi connectivity index (χ2v) is 8.12. The van der Waals surface area contributed by atoms with Crippen molar-refractivity contribution in [1.29, 1.82) is 0 Å². The molecule has 2 aromatic rings. The molecule has 0 saturated carbocycles. The molecule has 0 spiro atoms. The molecule has 1 fully saturated rings. The number of anilines is 1. The van der Waals surface area contributed by atoms with Crippen molar-refractivity contribution in [3.8, 4) is 0 Å². The molecule has 0 aromatic heterocycles. The maximum Gasteiger partial charge on any atom is 0.243 e. The quantitative estimate of drug-likeness (QED) is 0.862. The molecule has 24 heavy (non-hydrogen) atoms. The third-order valence-corrected chi connectivity index (χ3v) is 6.36. The van der Waals surface area contributed by atoms with Crippen LogP contribution in [-0.4, -0.2) is 43.8 Å². The van der Waals surface area contributed by atoms with Gasteiger partial charge in [0.2, 0.25) is 10.0 Å². The Hall–Kier alpha value is -1.89. The van der Waals surface area contributed by atoms with Gasteiger partial charge in [0.05, 0.1) is 4.90 Å². The lowest BCUT2D eigenvalue weighted by Gasteiger charge is -2.34. The summed E-state index contributed by atoms with van der Waals surface area (Å²) >= 11 is 0. The van der Waals surface area contributed by atoms with Crippen LogP contribution in [0.3, 0.4) is 0 Å². The van der Waals surface area contributed by atoms with Gasteiger partial charge in [-0.2, -0.15) is 4.31 Å². The number of benzene rings is 2. The highest BCUT2D eigenvalue weighted by molar-refractivity contribution is 7.89. The van der Waals surface area contributed by atoms with Gasteiger partial charge in [0.25, 0.3) is 0 Å². The topological polar surface area (TPSA) is 66.6 Å². The van der Waals surface area contributed by atoms with Crippen molar-refractivity contribution in [2.45, 2.75) is 18.4 Å². The second kappa shape index (κ2) is 6.93. The van der Waals surface area contributed by atoms with Crippen molar-refractivity contribution in [3.63, 3.8) is 0 Å². The van der Waals surface area contributed by atoms with Crippen LogP contribution in [0.1, 0.15) is 11.1 Å². The summed E-state index contributed by atoms with van der Waals surface area (Å²) in [5.74, 6) is 0. The maximum absolute atomic E-state index is 12.8. The van der Waals surface area contributed by atoms with Gasteiger partial charge in [-0.05, 0) is 30.2 Å². The lowest BCUT2D eigenvalue weighted by molar-refractivity contribution is 0.181. The minimum Gasteiger partial charge on any atom is -0.398 e. The Kier molecular flexibility index (Phi) is 4.89. The van der Waals surface area contributed by atoms with Crippen molar-refractivity contribution in [3.05, 3.63) is 59.7 Å². The average Bonchev–Trinajstić information content (AvgIpc) is 2.58. The van der Waals surface area contributed by atoms with Gasteiger partial charge in [0.1, 0.15) is 0 Å². The summed E-state index contributed by atoms with van der Waals surface area (Å²) < 4.78 is 27.1. The van der Waals surface area contributed by atoms with Crippen molar-refractivity contribution < 1.29 is 8.42 Å². The average molecular weight is 345 g/mol. The van der Waals surface area contributed by atoms with E-state index in [1.165, 1.54) is 5.56 Å². The van der Waals surface area contributed by atoms with Gasteiger partial charge < -0.3 is 5.73 Å². The Labute approximate surface area is 143 Å². The van der Waals surface area contributed by atoms with E-state index in [2.05, 4.69) is 17.0 Å². The standard InChI is InChI=1S/C18H23N3O2S/c1-15-7-8-17(13-18(15)19)24(22,23)21-11-9-20(10-12-21)14-16-5-3-2-4-6-16/h2-8,13H,9-12,14,19H2,1H3. The normalized spacial score (nSPS) is 17.0. The number of nitrogen functional groups attached to an aromatic ring is 1. The van der Waals surface area contributed by atoms with Crippen LogP contribution in [0.4, 0.5) is 5.69 Å². The first-order valence-electron chi connectivity index (χ1n) is 8.09. The van der Waals surface area contributed by atoms with Crippen LogP contribution in [0.2, 0.25) is 0 Å². The third-order valence-electron chi connectivity index (χ3n) is 4.47. The van der Waals surface area contributed by atoms with E-state index in [4.69, 9.17) is 5.73 Å². The molecule has 2 aromatic carbocycles. The Morgan fingerprint density at radius 3 is 2.29 bits per heavy atom. The molecule has 0 aliphatic carbocycles. The van der Waals surface area contributed by atoms with Gasteiger partial charge in [-0.3, -0.25) is 4.90 Å². The molecule has 0 amide bonds. The van der Waals surface area contributed by atoms with E-state index in [0.717, 1.165) is 25.2 Å². The first-order valence-corrected chi connectivity index (χ1v) is 9.53. The molecule has 6 heteroatoms. The van der Waals surface area contributed by atoms with Crippen molar-refractivity contribution in [2.24, 2.45) is 0 Å². The van der Waals surface area contributed by atoms with E-state index in [-0.39, 0.29) is 4.90 Å². The molecule has 1 heterocycles. The third kappa shape index (κ3) is 3.61. The van der Waals surface area contributed by atoms with E-state index in [9.17, 15) is 8.42 Å². The number of aryl methyl sites for hydroxylation is 1. The summed E-state index contributed by atoms with van der Waals surface area (Å²) in [6.45, 7) is 5.19. The van der Waals surface area contributed by atoms with Gasteiger partial charge in [0.15, 0.2) is 0 Å². The Morgan fingerprint density at radius 1 is 1.00 bits per heavy atom. The minimum absolute atomic E-state index is 0.280. The zero-order chi connectivity index (χ0) is 17.2. The zero-order valence-corrected chi connectivity index (χ0v) is 14.7. The predicted molar refractivity (Wildman–Crippen MR) is 96.1 cm³/mol. The molecule has 0 bridgehead atoms. The summed E-state index contributed by atoms with van der Waals surface area (Å²) in [4.78, 5) is 2.56. The highest BCUT2D eigenvalue weighted by Crippen LogP contribution is 2.22. The molecule has 0 radical (unpaired) electrons. The lowest BCUT2D eigenvalue weighted by Crippen LogP contribution is -2.48. The summed E-state index contributed by atoms with van der Waals surface area (Å²) in [6.07, 6.45) is 0. The Morgan fingerprint density at radius 2 is 1.67 bits per heavy atom. The summed E-state index contributed by atoms with van der Waals surface area (Å²) in [5.41, 5.74) is 8.52. The van der Waals surface area contributed by atoms with Crippen molar-refractivity contribution >= 4 is 15.7 Å². The van der Waals surface area contributed by atoms with Crippen LogP contribution < -0.4 is 5.73 Å².